The van der Waals surface area contributed by atoms with E-state index in [0.717, 1.165) is 30.9 Å². The van der Waals surface area contributed by atoms with Gasteiger partial charge in [-0.2, -0.15) is 4.98 Å². The van der Waals surface area contributed by atoms with Crippen molar-refractivity contribution in [2.24, 2.45) is 0 Å². The van der Waals surface area contributed by atoms with Crippen LogP contribution in [0.5, 0.6) is 5.75 Å². The number of piperazine rings is 1. The summed E-state index contributed by atoms with van der Waals surface area (Å²) in [5, 5.41) is 7.61. The highest BCUT2D eigenvalue weighted by atomic mass is 35.5. The Kier molecular flexibility index (Phi) is 6.45. The third kappa shape index (κ3) is 4.47. The van der Waals surface area contributed by atoms with E-state index in [1.54, 1.807) is 0 Å². The lowest BCUT2D eigenvalue weighted by atomic mass is 10.1. The van der Waals surface area contributed by atoms with Crippen LogP contribution in [0, 0.1) is 0 Å². The van der Waals surface area contributed by atoms with E-state index in [-0.39, 0.29) is 18.4 Å². The molecular weight excluding hydrogens is 364 g/mol. The molecule has 0 aliphatic carbocycles. The second kappa shape index (κ2) is 8.99. The van der Waals surface area contributed by atoms with Crippen LogP contribution in [0.4, 0.5) is 0 Å². The Bertz CT molecular complexity index is 828. The van der Waals surface area contributed by atoms with Crippen LogP contribution in [0.25, 0.3) is 0 Å². The molecular formula is C20H23ClN4O2. The fraction of sp³-hybridized carbons (Fsp3) is 0.300. The Hall–Kier alpha value is -2.41. The van der Waals surface area contributed by atoms with Crippen molar-refractivity contribution < 1.29 is 9.26 Å². The van der Waals surface area contributed by atoms with E-state index >= 15 is 0 Å². The summed E-state index contributed by atoms with van der Waals surface area (Å²) in [7, 11) is 2.08. The molecule has 2 heterocycles. The average molecular weight is 387 g/mol. The first kappa shape index (κ1) is 19.4. The Morgan fingerprint density at radius 1 is 1.11 bits per heavy atom. The number of hydrogen-bond donors (Lipinski definition) is 1. The second-order valence-electron chi connectivity index (χ2n) is 6.41. The molecule has 0 spiro atoms. The highest BCUT2D eigenvalue weighted by Crippen LogP contribution is 2.28. The summed E-state index contributed by atoms with van der Waals surface area (Å²) >= 11 is 0. The van der Waals surface area contributed by atoms with Crippen LogP contribution in [0.3, 0.4) is 0 Å². The normalized spacial score (nSPS) is 18.5. The van der Waals surface area contributed by atoms with Crippen molar-refractivity contribution in [3.05, 3.63) is 77.9 Å². The maximum Gasteiger partial charge on any atom is 0.272 e. The van der Waals surface area contributed by atoms with E-state index in [4.69, 9.17) is 9.26 Å². The first-order valence-corrected chi connectivity index (χ1v) is 8.82. The summed E-state index contributed by atoms with van der Waals surface area (Å²) < 4.78 is 11.8. The summed E-state index contributed by atoms with van der Waals surface area (Å²) in [6.07, 6.45) is -0.443. The third-order valence-corrected chi connectivity index (χ3v) is 4.59. The number of likely N-dealkylation sites (N-methyl/N-ethyl adjacent to an activating group) is 1. The summed E-state index contributed by atoms with van der Waals surface area (Å²) in [6, 6.07) is 19.7. The number of ether oxygens (including phenoxy) is 1. The summed E-state index contributed by atoms with van der Waals surface area (Å²) in [4.78, 5) is 6.91. The second-order valence-corrected chi connectivity index (χ2v) is 6.41. The molecule has 1 fully saturated rings. The Balaban J connectivity index is 0.00000210. The van der Waals surface area contributed by atoms with Gasteiger partial charge in [0.05, 0.1) is 6.04 Å². The van der Waals surface area contributed by atoms with Gasteiger partial charge in [-0.1, -0.05) is 53.7 Å². The molecule has 0 bridgehead atoms. The molecule has 2 atom stereocenters. The fourth-order valence-electron chi connectivity index (χ4n) is 3.11. The van der Waals surface area contributed by atoms with Gasteiger partial charge in [0, 0.05) is 25.2 Å². The van der Waals surface area contributed by atoms with Gasteiger partial charge in [0.25, 0.3) is 5.89 Å². The number of hydrogen-bond acceptors (Lipinski definition) is 6. The lowest BCUT2D eigenvalue weighted by Gasteiger charge is -2.30. The van der Waals surface area contributed by atoms with E-state index in [1.807, 2.05) is 60.7 Å². The van der Waals surface area contributed by atoms with Gasteiger partial charge in [-0.15, -0.1) is 12.4 Å². The lowest BCUT2D eigenvalue weighted by Crippen LogP contribution is -2.44. The lowest BCUT2D eigenvalue weighted by molar-refractivity contribution is 0.185. The average Bonchev–Trinajstić information content (AvgIpc) is 3.17. The fourth-order valence-corrected chi connectivity index (χ4v) is 3.11. The van der Waals surface area contributed by atoms with Crippen molar-refractivity contribution in [1.29, 1.82) is 0 Å². The van der Waals surface area contributed by atoms with E-state index in [0.29, 0.717) is 11.7 Å². The zero-order valence-corrected chi connectivity index (χ0v) is 15.9. The van der Waals surface area contributed by atoms with Gasteiger partial charge in [0.15, 0.2) is 5.82 Å². The molecule has 1 saturated heterocycles. The van der Waals surface area contributed by atoms with Gasteiger partial charge in [-0.05, 0) is 19.2 Å². The molecule has 1 N–H and O–H groups in total. The van der Waals surface area contributed by atoms with Crippen molar-refractivity contribution in [3.8, 4) is 5.75 Å². The van der Waals surface area contributed by atoms with Gasteiger partial charge in [0.2, 0.25) is 6.10 Å². The number of benzene rings is 2. The highest BCUT2D eigenvalue weighted by molar-refractivity contribution is 5.85. The summed E-state index contributed by atoms with van der Waals surface area (Å²) in [5.74, 6) is 1.92. The molecule has 2 aromatic carbocycles. The Labute approximate surface area is 164 Å². The van der Waals surface area contributed by atoms with Crippen molar-refractivity contribution in [2.75, 3.05) is 26.7 Å². The molecule has 6 nitrogen and oxygen atoms in total. The topological polar surface area (TPSA) is 63.4 Å². The molecule has 27 heavy (non-hydrogen) atoms. The maximum atomic E-state index is 6.19. The van der Waals surface area contributed by atoms with E-state index in [1.165, 1.54) is 0 Å². The molecule has 1 aliphatic heterocycles. The minimum Gasteiger partial charge on any atom is -0.476 e. The molecule has 1 aromatic heterocycles. The van der Waals surface area contributed by atoms with Gasteiger partial charge >= 0.3 is 0 Å². The van der Waals surface area contributed by atoms with Gasteiger partial charge < -0.3 is 14.6 Å². The van der Waals surface area contributed by atoms with E-state index in [2.05, 4.69) is 27.4 Å². The standard InChI is InChI=1S/C20H22N4O2.ClH/c1-24-13-12-21-14-17(24)19-22-20(26-23-19)18(15-8-4-2-5-9-15)25-16-10-6-3-7-11-16;/h2-11,17-18,21H,12-14H2,1H3;1H. The largest absolute Gasteiger partial charge is 0.476 e. The van der Waals surface area contributed by atoms with E-state index in [9.17, 15) is 0 Å². The van der Waals surface area contributed by atoms with Crippen LogP contribution in [0.1, 0.15) is 29.4 Å². The molecule has 142 valence electrons. The minimum atomic E-state index is -0.443. The number of para-hydroxylation sites is 1. The molecule has 2 unspecified atom stereocenters. The van der Waals surface area contributed by atoms with Crippen molar-refractivity contribution >= 4 is 12.4 Å². The number of halogens is 1. The molecule has 1 aliphatic rings. The van der Waals surface area contributed by atoms with Crippen LogP contribution in [-0.4, -0.2) is 41.7 Å². The molecule has 0 saturated carbocycles. The first-order valence-electron chi connectivity index (χ1n) is 8.82. The van der Waals surface area contributed by atoms with Crippen LogP contribution in [-0.2, 0) is 0 Å². The monoisotopic (exact) mass is 386 g/mol. The van der Waals surface area contributed by atoms with Crippen molar-refractivity contribution in [3.63, 3.8) is 0 Å². The van der Waals surface area contributed by atoms with Crippen molar-refractivity contribution in [1.82, 2.24) is 20.4 Å². The zero-order chi connectivity index (χ0) is 17.8. The predicted molar refractivity (Wildman–Crippen MR) is 105 cm³/mol. The first-order chi connectivity index (χ1) is 12.8. The van der Waals surface area contributed by atoms with Gasteiger partial charge in [0.1, 0.15) is 5.75 Å². The molecule has 0 amide bonds. The van der Waals surface area contributed by atoms with Crippen LogP contribution < -0.4 is 10.1 Å². The van der Waals surface area contributed by atoms with E-state index < -0.39 is 6.10 Å². The SMILES string of the molecule is CN1CCNCC1c1noc(C(Oc2ccccc2)c2ccccc2)n1.Cl. The number of rotatable bonds is 5. The molecule has 4 rings (SSSR count). The highest BCUT2D eigenvalue weighted by Gasteiger charge is 2.29. The number of nitrogens with one attached hydrogen (secondary N) is 1. The van der Waals surface area contributed by atoms with Gasteiger partial charge in [-0.25, -0.2) is 0 Å². The number of aromatic nitrogens is 2. The smallest absolute Gasteiger partial charge is 0.272 e. The molecule has 0 radical (unpaired) electrons. The van der Waals surface area contributed by atoms with Gasteiger partial charge in [-0.3, -0.25) is 4.90 Å². The third-order valence-electron chi connectivity index (χ3n) is 4.59. The maximum absolute atomic E-state index is 6.19. The molecule has 7 heteroatoms. The van der Waals surface area contributed by atoms with Crippen LogP contribution in [0.2, 0.25) is 0 Å². The van der Waals surface area contributed by atoms with Crippen LogP contribution in [0.15, 0.2) is 65.2 Å². The predicted octanol–water partition coefficient (Wildman–Crippen LogP) is 3.24. The summed E-state index contributed by atoms with van der Waals surface area (Å²) in [5.41, 5.74) is 0.974. The zero-order valence-electron chi connectivity index (χ0n) is 15.1. The van der Waals surface area contributed by atoms with Crippen molar-refractivity contribution in [2.45, 2.75) is 12.1 Å². The quantitative estimate of drug-likeness (QED) is 0.726. The summed E-state index contributed by atoms with van der Waals surface area (Å²) in [6.45, 7) is 2.74. The minimum absolute atomic E-state index is 0. The molecule has 3 aromatic rings. The van der Waals surface area contributed by atoms with Crippen LogP contribution >= 0.6 is 12.4 Å². The Morgan fingerprint density at radius 3 is 2.52 bits per heavy atom. The Morgan fingerprint density at radius 2 is 1.81 bits per heavy atom. The number of nitrogens with zero attached hydrogens (tertiary/aromatic N) is 3.